The van der Waals surface area contributed by atoms with Gasteiger partial charge in [0.15, 0.2) is 0 Å². The van der Waals surface area contributed by atoms with Crippen LogP contribution in [0.1, 0.15) is 32.6 Å². The number of hydrogen-bond donors (Lipinski definition) is 1. The second kappa shape index (κ2) is 5.13. The molecule has 0 atom stereocenters. The molecule has 14 heavy (non-hydrogen) atoms. The minimum Gasteiger partial charge on any atom is -0.316 e. The first kappa shape index (κ1) is 10.4. The molecule has 2 rings (SSSR count). The van der Waals surface area contributed by atoms with Crippen molar-refractivity contribution in [3.05, 3.63) is 0 Å². The normalized spacial score (nSPS) is 21.9. The highest BCUT2D eigenvalue weighted by Gasteiger charge is 2.28. The maximum absolute atomic E-state index is 3.42. The van der Waals surface area contributed by atoms with Crippen molar-refractivity contribution in [3.8, 4) is 0 Å². The first-order valence-electron chi connectivity index (χ1n) is 6.31. The number of nitrogens with one attached hydrogen (secondary N) is 1. The molecule has 82 valence electrons. The Balaban J connectivity index is 1.61. The summed E-state index contributed by atoms with van der Waals surface area (Å²) < 4.78 is 0. The van der Waals surface area contributed by atoms with Crippen LogP contribution in [0.2, 0.25) is 0 Å². The molecular formula is C12H24N2. The molecule has 2 saturated carbocycles. The van der Waals surface area contributed by atoms with E-state index in [-0.39, 0.29) is 0 Å². The number of nitrogens with zero attached hydrogens (tertiary/aromatic N) is 1. The van der Waals surface area contributed by atoms with Crippen LogP contribution in [0.15, 0.2) is 0 Å². The van der Waals surface area contributed by atoms with Crippen LogP contribution in [0.25, 0.3) is 0 Å². The largest absolute Gasteiger partial charge is 0.316 e. The van der Waals surface area contributed by atoms with E-state index < -0.39 is 0 Å². The fourth-order valence-electron chi connectivity index (χ4n) is 2.00. The zero-order chi connectivity index (χ0) is 9.80. The standard InChI is InChI=1S/C12H24N2/c1-2-13-7-8-14(9-11-3-4-11)10-12-5-6-12/h11-13H,2-10H2,1H3. The first-order valence-corrected chi connectivity index (χ1v) is 6.31. The van der Waals surface area contributed by atoms with Crippen LogP contribution in [0.5, 0.6) is 0 Å². The van der Waals surface area contributed by atoms with E-state index in [2.05, 4.69) is 17.1 Å². The van der Waals surface area contributed by atoms with Crippen LogP contribution in [-0.4, -0.2) is 37.6 Å². The Kier molecular flexibility index (Phi) is 3.82. The van der Waals surface area contributed by atoms with Gasteiger partial charge in [0, 0.05) is 26.2 Å². The summed E-state index contributed by atoms with van der Waals surface area (Å²) in [5, 5.41) is 3.42. The summed E-state index contributed by atoms with van der Waals surface area (Å²) in [6.45, 7) is 8.49. The number of likely N-dealkylation sites (N-methyl/N-ethyl adjacent to an activating group) is 1. The van der Waals surface area contributed by atoms with Crippen molar-refractivity contribution in [3.63, 3.8) is 0 Å². The molecule has 0 radical (unpaired) electrons. The molecule has 0 amide bonds. The van der Waals surface area contributed by atoms with Gasteiger partial charge in [-0.1, -0.05) is 6.92 Å². The van der Waals surface area contributed by atoms with Gasteiger partial charge in [0.1, 0.15) is 0 Å². The maximum atomic E-state index is 3.42. The van der Waals surface area contributed by atoms with Gasteiger partial charge in [-0.05, 0) is 44.1 Å². The van der Waals surface area contributed by atoms with E-state index in [9.17, 15) is 0 Å². The Bertz CT molecular complexity index is 148. The molecule has 2 aliphatic rings. The smallest absolute Gasteiger partial charge is 0.0107 e. The lowest BCUT2D eigenvalue weighted by Crippen LogP contribution is -2.35. The zero-order valence-electron chi connectivity index (χ0n) is 9.47. The van der Waals surface area contributed by atoms with Crippen LogP contribution < -0.4 is 5.32 Å². The molecule has 2 fully saturated rings. The van der Waals surface area contributed by atoms with E-state index in [1.54, 1.807) is 0 Å². The highest BCUT2D eigenvalue weighted by molar-refractivity contribution is 4.82. The van der Waals surface area contributed by atoms with Gasteiger partial charge in [-0.25, -0.2) is 0 Å². The highest BCUT2D eigenvalue weighted by Crippen LogP contribution is 2.33. The van der Waals surface area contributed by atoms with Crippen molar-refractivity contribution in [2.45, 2.75) is 32.6 Å². The fourth-order valence-corrected chi connectivity index (χ4v) is 2.00. The molecule has 0 spiro atoms. The van der Waals surface area contributed by atoms with Gasteiger partial charge in [-0.3, -0.25) is 0 Å². The summed E-state index contributed by atoms with van der Waals surface area (Å²) in [5.74, 6) is 2.10. The van der Waals surface area contributed by atoms with Gasteiger partial charge in [0.25, 0.3) is 0 Å². The minimum absolute atomic E-state index is 1.05. The molecule has 2 aliphatic carbocycles. The molecule has 0 unspecified atom stereocenters. The zero-order valence-corrected chi connectivity index (χ0v) is 9.47. The Morgan fingerprint density at radius 1 is 1.07 bits per heavy atom. The molecule has 0 heterocycles. The highest BCUT2D eigenvalue weighted by atomic mass is 15.1. The Morgan fingerprint density at radius 2 is 1.64 bits per heavy atom. The van der Waals surface area contributed by atoms with Crippen molar-refractivity contribution in [2.75, 3.05) is 32.7 Å². The van der Waals surface area contributed by atoms with E-state index in [0.717, 1.165) is 18.4 Å². The lowest BCUT2D eigenvalue weighted by molar-refractivity contribution is 0.253. The molecule has 0 aromatic rings. The van der Waals surface area contributed by atoms with Crippen LogP contribution in [0.3, 0.4) is 0 Å². The molecule has 2 heteroatoms. The summed E-state index contributed by atoms with van der Waals surface area (Å²) in [7, 11) is 0. The van der Waals surface area contributed by atoms with Crippen LogP contribution in [0.4, 0.5) is 0 Å². The Hall–Kier alpha value is -0.0800. The summed E-state index contributed by atoms with van der Waals surface area (Å²) in [4.78, 5) is 2.69. The van der Waals surface area contributed by atoms with E-state index in [1.165, 1.54) is 51.9 Å². The topological polar surface area (TPSA) is 15.3 Å². The second-order valence-corrected chi connectivity index (χ2v) is 5.00. The Morgan fingerprint density at radius 3 is 2.07 bits per heavy atom. The molecular weight excluding hydrogens is 172 g/mol. The summed E-state index contributed by atoms with van der Waals surface area (Å²) >= 11 is 0. The lowest BCUT2D eigenvalue weighted by atomic mass is 10.3. The average Bonchev–Trinajstić information content (AvgIpc) is 2.99. The van der Waals surface area contributed by atoms with E-state index in [4.69, 9.17) is 0 Å². The van der Waals surface area contributed by atoms with Gasteiger partial charge >= 0.3 is 0 Å². The van der Waals surface area contributed by atoms with Gasteiger partial charge in [-0.15, -0.1) is 0 Å². The molecule has 2 nitrogen and oxygen atoms in total. The van der Waals surface area contributed by atoms with Gasteiger partial charge in [-0.2, -0.15) is 0 Å². The van der Waals surface area contributed by atoms with Crippen LogP contribution >= 0.6 is 0 Å². The second-order valence-electron chi connectivity index (χ2n) is 5.00. The van der Waals surface area contributed by atoms with Crippen molar-refractivity contribution in [2.24, 2.45) is 11.8 Å². The molecule has 0 bridgehead atoms. The predicted octanol–water partition coefficient (Wildman–Crippen LogP) is 1.72. The van der Waals surface area contributed by atoms with E-state index in [1.807, 2.05) is 0 Å². The van der Waals surface area contributed by atoms with E-state index >= 15 is 0 Å². The third kappa shape index (κ3) is 3.97. The number of rotatable bonds is 8. The Labute approximate surface area is 88.1 Å². The molecule has 0 aliphatic heterocycles. The van der Waals surface area contributed by atoms with E-state index in [0.29, 0.717) is 0 Å². The van der Waals surface area contributed by atoms with Crippen molar-refractivity contribution in [1.29, 1.82) is 0 Å². The quantitative estimate of drug-likeness (QED) is 0.595. The van der Waals surface area contributed by atoms with Crippen molar-refractivity contribution in [1.82, 2.24) is 10.2 Å². The molecule has 1 N–H and O–H groups in total. The number of hydrogen-bond acceptors (Lipinski definition) is 2. The van der Waals surface area contributed by atoms with Crippen molar-refractivity contribution >= 4 is 0 Å². The molecule has 0 saturated heterocycles. The first-order chi connectivity index (χ1) is 6.88. The van der Waals surface area contributed by atoms with Crippen LogP contribution in [-0.2, 0) is 0 Å². The molecule has 0 aromatic heterocycles. The van der Waals surface area contributed by atoms with Gasteiger partial charge < -0.3 is 10.2 Å². The third-order valence-electron chi connectivity index (χ3n) is 3.28. The summed E-state index contributed by atoms with van der Waals surface area (Å²) in [5.41, 5.74) is 0. The summed E-state index contributed by atoms with van der Waals surface area (Å²) in [6, 6.07) is 0. The van der Waals surface area contributed by atoms with Crippen molar-refractivity contribution < 1.29 is 0 Å². The summed E-state index contributed by atoms with van der Waals surface area (Å²) in [6.07, 6.45) is 5.95. The SMILES string of the molecule is CCNCCN(CC1CC1)CC1CC1. The third-order valence-corrected chi connectivity index (χ3v) is 3.28. The molecule has 0 aromatic carbocycles. The lowest BCUT2D eigenvalue weighted by Gasteiger charge is -2.22. The van der Waals surface area contributed by atoms with Gasteiger partial charge in [0.2, 0.25) is 0 Å². The average molecular weight is 196 g/mol. The minimum atomic E-state index is 1.05. The van der Waals surface area contributed by atoms with Gasteiger partial charge in [0.05, 0.1) is 0 Å². The monoisotopic (exact) mass is 196 g/mol. The fraction of sp³-hybridized carbons (Fsp3) is 1.00. The van der Waals surface area contributed by atoms with Crippen LogP contribution in [0, 0.1) is 11.8 Å². The maximum Gasteiger partial charge on any atom is 0.0107 e. The predicted molar refractivity (Wildman–Crippen MR) is 60.4 cm³/mol.